The quantitative estimate of drug-likeness (QED) is 0.794. The van der Waals surface area contributed by atoms with E-state index in [1.54, 1.807) is 0 Å². The number of nitrogens with one attached hydrogen (secondary N) is 1. The second-order valence-corrected chi connectivity index (χ2v) is 5.90. The minimum Gasteiger partial charge on any atom is -0.381 e. The van der Waals surface area contributed by atoms with Crippen LogP contribution in [0.4, 0.5) is 0 Å². The van der Waals surface area contributed by atoms with Crippen LogP contribution in [0.15, 0.2) is 0 Å². The smallest absolute Gasteiger partial charge is 0.0468 e. The van der Waals surface area contributed by atoms with Crippen molar-refractivity contribution >= 4 is 0 Å². The lowest BCUT2D eigenvalue weighted by atomic mass is 9.77. The van der Waals surface area contributed by atoms with E-state index >= 15 is 0 Å². The predicted molar refractivity (Wildman–Crippen MR) is 72.2 cm³/mol. The third-order valence-corrected chi connectivity index (χ3v) is 4.54. The van der Waals surface area contributed by atoms with Crippen LogP contribution in [0, 0.1) is 11.8 Å². The number of hydrogen-bond donors (Lipinski definition) is 1. The van der Waals surface area contributed by atoms with Gasteiger partial charge in [-0.2, -0.15) is 0 Å². The van der Waals surface area contributed by atoms with Crippen LogP contribution in [0.2, 0.25) is 0 Å². The summed E-state index contributed by atoms with van der Waals surface area (Å²) < 4.78 is 5.46. The zero-order valence-corrected chi connectivity index (χ0v) is 11.4. The van der Waals surface area contributed by atoms with Crippen molar-refractivity contribution in [1.82, 2.24) is 5.32 Å². The predicted octanol–water partition coefficient (Wildman–Crippen LogP) is 3.36. The molecule has 2 heteroatoms. The minimum absolute atomic E-state index is 0.812. The van der Waals surface area contributed by atoms with Crippen LogP contribution in [-0.4, -0.2) is 25.8 Å². The molecular weight excluding hydrogens is 210 g/mol. The molecular formula is C15H29NO. The minimum atomic E-state index is 0.812. The molecule has 2 atom stereocenters. The van der Waals surface area contributed by atoms with Crippen molar-refractivity contribution in [2.24, 2.45) is 11.8 Å². The lowest BCUT2D eigenvalue weighted by Gasteiger charge is -2.35. The van der Waals surface area contributed by atoms with Gasteiger partial charge in [0.25, 0.3) is 0 Å². The highest BCUT2D eigenvalue weighted by Crippen LogP contribution is 2.32. The van der Waals surface area contributed by atoms with Gasteiger partial charge in [0, 0.05) is 19.3 Å². The largest absolute Gasteiger partial charge is 0.381 e. The van der Waals surface area contributed by atoms with Crippen molar-refractivity contribution in [3.63, 3.8) is 0 Å². The summed E-state index contributed by atoms with van der Waals surface area (Å²) in [4.78, 5) is 0. The highest BCUT2D eigenvalue weighted by Gasteiger charge is 2.27. The molecule has 0 bridgehead atoms. The van der Waals surface area contributed by atoms with Crippen molar-refractivity contribution in [2.75, 3.05) is 19.8 Å². The van der Waals surface area contributed by atoms with E-state index in [-0.39, 0.29) is 0 Å². The number of ether oxygens (including phenoxy) is 1. The maximum atomic E-state index is 5.46. The maximum Gasteiger partial charge on any atom is 0.0468 e. The highest BCUT2D eigenvalue weighted by molar-refractivity contribution is 4.83. The average Bonchev–Trinajstić information content (AvgIpc) is 2.39. The summed E-state index contributed by atoms with van der Waals surface area (Å²) >= 11 is 0. The monoisotopic (exact) mass is 239 g/mol. The van der Waals surface area contributed by atoms with Crippen LogP contribution >= 0.6 is 0 Å². The Kier molecular flexibility index (Phi) is 5.79. The van der Waals surface area contributed by atoms with Crippen LogP contribution in [0.25, 0.3) is 0 Å². The summed E-state index contributed by atoms with van der Waals surface area (Å²) in [5.74, 6) is 1.89. The molecule has 1 saturated carbocycles. The van der Waals surface area contributed by atoms with Gasteiger partial charge >= 0.3 is 0 Å². The van der Waals surface area contributed by atoms with Gasteiger partial charge in [-0.25, -0.2) is 0 Å². The Bertz CT molecular complexity index is 201. The summed E-state index contributed by atoms with van der Waals surface area (Å²) in [6.07, 6.45) is 11.1. The van der Waals surface area contributed by atoms with Crippen LogP contribution in [0.5, 0.6) is 0 Å². The first-order valence-electron chi connectivity index (χ1n) is 7.71. The van der Waals surface area contributed by atoms with Gasteiger partial charge in [0.05, 0.1) is 0 Å². The average molecular weight is 239 g/mol. The first kappa shape index (κ1) is 13.4. The first-order chi connectivity index (χ1) is 8.40. The highest BCUT2D eigenvalue weighted by atomic mass is 16.5. The van der Waals surface area contributed by atoms with Crippen LogP contribution in [0.1, 0.15) is 58.3 Å². The SMILES string of the molecule is CCCNC1CCCCC1CC1CCOCC1. The van der Waals surface area contributed by atoms with Crippen molar-refractivity contribution in [3.8, 4) is 0 Å². The Balaban J connectivity index is 1.78. The molecule has 0 aromatic rings. The van der Waals surface area contributed by atoms with E-state index in [4.69, 9.17) is 4.74 Å². The molecule has 2 unspecified atom stereocenters. The molecule has 2 aliphatic rings. The molecule has 0 aromatic heterocycles. The molecule has 1 aliphatic heterocycles. The molecule has 2 fully saturated rings. The molecule has 100 valence electrons. The van der Waals surface area contributed by atoms with Crippen molar-refractivity contribution in [2.45, 2.75) is 64.3 Å². The molecule has 0 spiro atoms. The summed E-state index contributed by atoms with van der Waals surface area (Å²) in [7, 11) is 0. The second-order valence-electron chi connectivity index (χ2n) is 5.90. The van der Waals surface area contributed by atoms with E-state index in [9.17, 15) is 0 Å². The summed E-state index contributed by atoms with van der Waals surface area (Å²) in [5, 5.41) is 3.78. The van der Waals surface area contributed by atoms with Crippen molar-refractivity contribution in [3.05, 3.63) is 0 Å². The zero-order valence-electron chi connectivity index (χ0n) is 11.4. The van der Waals surface area contributed by atoms with Gasteiger partial charge in [0.2, 0.25) is 0 Å². The van der Waals surface area contributed by atoms with E-state index in [2.05, 4.69) is 12.2 Å². The van der Waals surface area contributed by atoms with E-state index < -0.39 is 0 Å². The van der Waals surface area contributed by atoms with E-state index in [0.29, 0.717) is 0 Å². The fourth-order valence-electron chi connectivity index (χ4n) is 3.50. The Morgan fingerprint density at radius 1 is 1.06 bits per heavy atom. The van der Waals surface area contributed by atoms with Gasteiger partial charge < -0.3 is 10.1 Å². The molecule has 2 rings (SSSR count). The van der Waals surface area contributed by atoms with Crippen LogP contribution in [-0.2, 0) is 4.74 Å². The zero-order chi connectivity index (χ0) is 11.9. The lowest BCUT2D eigenvalue weighted by molar-refractivity contribution is 0.0532. The molecule has 0 amide bonds. The molecule has 0 radical (unpaired) electrons. The Hall–Kier alpha value is -0.0800. The first-order valence-corrected chi connectivity index (χ1v) is 7.71. The van der Waals surface area contributed by atoms with Gasteiger partial charge in [0.15, 0.2) is 0 Å². The Labute approximate surface area is 107 Å². The molecule has 1 heterocycles. The Morgan fingerprint density at radius 2 is 1.82 bits per heavy atom. The third-order valence-electron chi connectivity index (χ3n) is 4.54. The number of rotatable bonds is 5. The Morgan fingerprint density at radius 3 is 2.59 bits per heavy atom. The van der Waals surface area contributed by atoms with Gasteiger partial charge in [-0.15, -0.1) is 0 Å². The summed E-state index contributed by atoms with van der Waals surface area (Å²) in [6, 6.07) is 0.812. The van der Waals surface area contributed by atoms with Crippen LogP contribution in [0.3, 0.4) is 0 Å². The maximum absolute atomic E-state index is 5.46. The summed E-state index contributed by atoms with van der Waals surface area (Å²) in [6.45, 7) is 5.48. The third kappa shape index (κ3) is 4.26. The topological polar surface area (TPSA) is 21.3 Å². The van der Waals surface area contributed by atoms with Crippen molar-refractivity contribution in [1.29, 1.82) is 0 Å². The van der Waals surface area contributed by atoms with E-state index in [0.717, 1.165) is 31.1 Å². The van der Waals surface area contributed by atoms with Gasteiger partial charge in [-0.1, -0.05) is 19.8 Å². The van der Waals surface area contributed by atoms with Gasteiger partial charge in [-0.05, 0) is 56.9 Å². The van der Waals surface area contributed by atoms with Gasteiger partial charge in [0.1, 0.15) is 0 Å². The molecule has 1 aliphatic carbocycles. The molecule has 2 nitrogen and oxygen atoms in total. The molecule has 1 N–H and O–H groups in total. The van der Waals surface area contributed by atoms with Crippen molar-refractivity contribution < 1.29 is 4.74 Å². The van der Waals surface area contributed by atoms with E-state index in [1.807, 2.05) is 0 Å². The standard InChI is InChI=1S/C15H29NO/c1-2-9-16-15-6-4-3-5-14(15)12-13-7-10-17-11-8-13/h13-16H,2-12H2,1H3. The summed E-state index contributed by atoms with van der Waals surface area (Å²) in [5.41, 5.74) is 0. The molecule has 17 heavy (non-hydrogen) atoms. The van der Waals surface area contributed by atoms with Gasteiger partial charge in [-0.3, -0.25) is 0 Å². The molecule has 1 saturated heterocycles. The number of hydrogen-bond acceptors (Lipinski definition) is 2. The second kappa shape index (κ2) is 7.38. The normalized spacial score (nSPS) is 31.6. The lowest BCUT2D eigenvalue weighted by Crippen LogP contribution is -2.40. The van der Waals surface area contributed by atoms with Crippen LogP contribution < -0.4 is 5.32 Å². The van der Waals surface area contributed by atoms with E-state index in [1.165, 1.54) is 57.9 Å². The molecule has 0 aromatic carbocycles. The fraction of sp³-hybridized carbons (Fsp3) is 1.00. The fourth-order valence-corrected chi connectivity index (χ4v) is 3.50.